The van der Waals surface area contributed by atoms with Crippen LogP contribution in [0.25, 0.3) is 0 Å². The van der Waals surface area contributed by atoms with Crippen molar-refractivity contribution in [1.82, 2.24) is 5.32 Å². The van der Waals surface area contributed by atoms with Gasteiger partial charge in [0.25, 0.3) is 0 Å². The maximum Gasteiger partial charge on any atom is 0.320 e. The number of hydrogen-bond donors (Lipinski definition) is 2. The first kappa shape index (κ1) is 15.4. The standard InChI is InChI=1S/C14H27NO3/c1-4-5-12-9-11(6-7-18-12)15-13(14(16)17)8-10(2)3/h10-13,15H,4-9H2,1-3H3,(H,16,17). The van der Waals surface area contributed by atoms with Gasteiger partial charge in [-0.1, -0.05) is 27.2 Å². The number of carboxylic acids is 1. The molecule has 3 unspecified atom stereocenters. The first-order valence-electron chi connectivity index (χ1n) is 7.13. The Kier molecular flexibility index (Phi) is 6.65. The number of hydrogen-bond acceptors (Lipinski definition) is 3. The fraction of sp³-hybridized carbons (Fsp3) is 0.929. The molecular weight excluding hydrogens is 230 g/mol. The maximum absolute atomic E-state index is 11.2. The quantitative estimate of drug-likeness (QED) is 0.735. The van der Waals surface area contributed by atoms with Gasteiger partial charge in [0.2, 0.25) is 0 Å². The number of rotatable bonds is 7. The molecular formula is C14H27NO3. The molecule has 0 amide bonds. The van der Waals surface area contributed by atoms with Crippen LogP contribution >= 0.6 is 0 Å². The number of nitrogens with one attached hydrogen (secondary N) is 1. The molecule has 0 saturated carbocycles. The topological polar surface area (TPSA) is 58.6 Å². The molecule has 0 bridgehead atoms. The smallest absolute Gasteiger partial charge is 0.320 e. The van der Waals surface area contributed by atoms with Crippen LogP contribution in [-0.4, -0.2) is 35.9 Å². The lowest BCUT2D eigenvalue weighted by Gasteiger charge is -2.32. The highest BCUT2D eigenvalue weighted by atomic mass is 16.5. The van der Waals surface area contributed by atoms with Crippen LogP contribution in [0.2, 0.25) is 0 Å². The average Bonchev–Trinajstić information content (AvgIpc) is 2.28. The number of carbonyl (C=O) groups is 1. The minimum Gasteiger partial charge on any atom is -0.480 e. The van der Waals surface area contributed by atoms with Gasteiger partial charge in [0.15, 0.2) is 0 Å². The highest BCUT2D eigenvalue weighted by Gasteiger charge is 2.27. The lowest BCUT2D eigenvalue weighted by atomic mass is 9.97. The van der Waals surface area contributed by atoms with Crippen molar-refractivity contribution in [2.75, 3.05) is 6.61 Å². The van der Waals surface area contributed by atoms with Gasteiger partial charge in [-0.15, -0.1) is 0 Å². The van der Waals surface area contributed by atoms with Gasteiger partial charge >= 0.3 is 5.97 Å². The molecule has 1 aliphatic rings. The molecule has 1 aliphatic heterocycles. The van der Waals surface area contributed by atoms with E-state index in [2.05, 4.69) is 26.1 Å². The Morgan fingerprint density at radius 1 is 1.50 bits per heavy atom. The zero-order valence-electron chi connectivity index (χ0n) is 11.8. The van der Waals surface area contributed by atoms with Crippen molar-refractivity contribution in [2.24, 2.45) is 5.92 Å². The van der Waals surface area contributed by atoms with Crippen molar-refractivity contribution in [3.63, 3.8) is 0 Å². The zero-order valence-corrected chi connectivity index (χ0v) is 11.8. The highest BCUT2D eigenvalue weighted by Crippen LogP contribution is 2.19. The second kappa shape index (κ2) is 7.74. The van der Waals surface area contributed by atoms with Crippen molar-refractivity contribution in [3.8, 4) is 0 Å². The molecule has 0 spiro atoms. The fourth-order valence-electron chi connectivity index (χ4n) is 2.55. The highest BCUT2D eigenvalue weighted by molar-refractivity contribution is 5.73. The predicted octanol–water partition coefficient (Wildman–Crippen LogP) is 2.42. The van der Waals surface area contributed by atoms with E-state index in [1.54, 1.807) is 0 Å². The molecule has 18 heavy (non-hydrogen) atoms. The molecule has 0 aliphatic carbocycles. The van der Waals surface area contributed by atoms with Crippen molar-refractivity contribution in [1.29, 1.82) is 0 Å². The van der Waals surface area contributed by atoms with E-state index < -0.39 is 12.0 Å². The summed E-state index contributed by atoms with van der Waals surface area (Å²) >= 11 is 0. The van der Waals surface area contributed by atoms with Gasteiger partial charge in [0.1, 0.15) is 6.04 Å². The van der Waals surface area contributed by atoms with Gasteiger partial charge in [-0.3, -0.25) is 4.79 Å². The minimum atomic E-state index is -0.734. The molecule has 4 nitrogen and oxygen atoms in total. The maximum atomic E-state index is 11.2. The van der Waals surface area contributed by atoms with Gasteiger partial charge < -0.3 is 15.2 Å². The average molecular weight is 257 g/mol. The molecule has 4 heteroatoms. The summed E-state index contributed by atoms with van der Waals surface area (Å²) in [5.41, 5.74) is 0. The van der Waals surface area contributed by atoms with Gasteiger partial charge in [-0.05, 0) is 31.6 Å². The van der Waals surface area contributed by atoms with E-state index in [0.29, 0.717) is 18.4 Å². The lowest BCUT2D eigenvalue weighted by Crippen LogP contribution is -2.47. The summed E-state index contributed by atoms with van der Waals surface area (Å²) in [7, 11) is 0. The molecule has 3 atom stereocenters. The third kappa shape index (κ3) is 5.36. The molecule has 0 radical (unpaired) electrons. The fourth-order valence-corrected chi connectivity index (χ4v) is 2.55. The van der Waals surface area contributed by atoms with Gasteiger partial charge in [0, 0.05) is 12.6 Å². The number of carboxylic acid groups (broad SMARTS) is 1. The van der Waals surface area contributed by atoms with E-state index in [4.69, 9.17) is 4.74 Å². The molecule has 1 rings (SSSR count). The largest absolute Gasteiger partial charge is 0.480 e. The second-order valence-electron chi connectivity index (χ2n) is 5.69. The van der Waals surface area contributed by atoms with Crippen LogP contribution in [0.5, 0.6) is 0 Å². The normalized spacial score (nSPS) is 26.2. The lowest BCUT2D eigenvalue weighted by molar-refractivity contribution is -0.140. The van der Waals surface area contributed by atoms with Crippen LogP contribution in [-0.2, 0) is 9.53 Å². The van der Waals surface area contributed by atoms with E-state index in [9.17, 15) is 9.90 Å². The third-order valence-corrected chi connectivity index (χ3v) is 3.42. The summed E-state index contributed by atoms with van der Waals surface area (Å²) in [6.45, 7) is 7.01. The second-order valence-corrected chi connectivity index (χ2v) is 5.69. The molecule has 1 heterocycles. The molecule has 0 aromatic carbocycles. The molecule has 106 valence electrons. The van der Waals surface area contributed by atoms with Crippen molar-refractivity contribution in [3.05, 3.63) is 0 Å². The molecule has 2 N–H and O–H groups in total. The zero-order chi connectivity index (χ0) is 13.5. The molecule has 0 aromatic rings. The van der Waals surface area contributed by atoms with Gasteiger partial charge in [0.05, 0.1) is 6.10 Å². The van der Waals surface area contributed by atoms with E-state index in [0.717, 1.165) is 32.3 Å². The third-order valence-electron chi connectivity index (χ3n) is 3.42. The summed E-state index contributed by atoms with van der Waals surface area (Å²) in [6, 6.07) is -0.134. The Hall–Kier alpha value is -0.610. The minimum absolute atomic E-state index is 0.287. The van der Waals surface area contributed by atoms with E-state index in [1.165, 1.54) is 0 Å². The van der Waals surface area contributed by atoms with E-state index in [1.807, 2.05) is 0 Å². The van der Waals surface area contributed by atoms with Crippen LogP contribution in [0.4, 0.5) is 0 Å². The summed E-state index contributed by atoms with van der Waals surface area (Å²) in [6.07, 6.45) is 5.03. The Bertz CT molecular complexity index is 253. The number of ether oxygens (including phenoxy) is 1. The van der Waals surface area contributed by atoms with Gasteiger partial charge in [-0.25, -0.2) is 0 Å². The summed E-state index contributed by atoms with van der Waals surface area (Å²) < 4.78 is 5.68. The SMILES string of the molecule is CCCC1CC(NC(CC(C)C)C(=O)O)CCO1. The summed E-state index contributed by atoms with van der Waals surface area (Å²) in [5, 5.41) is 12.5. The van der Waals surface area contributed by atoms with Crippen molar-refractivity contribution in [2.45, 2.75) is 71.1 Å². The van der Waals surface area contributed by atoms with Crippen LogP contribution in [0.15, 0.2) is 0 Å². The van der Waals surface area contributed by atoms with Crippen LogP contribution in [0.3, 0.4) is 0 Å². The van der Waals surface area contributed by atoms with Gasteiger partial charge in [-0.2, -0.15) is 0 Å². The summed E-state index contributed by atoms with van der Waals surface area (Å²) in [4.78, 5) is 11.2. The Morgan fingerprint density at radius 3 is 2.78 bits per heavy atom. The summed E-state index contributed by atoms with van der Waals surface area (Å²) in [5.74, 6) is -0.341. The number of aliphatic carboxylic acids is 1. The van der Waals surface area contributed by atoms with Crippen LogP contribution in [0.1, 0.15) is 52.9 Å². The monoisotopic (exact) mass is 257 g/mol. The Balaban J connectivity index is 2.45. The van der Waals surface area contributed by atoms with Crippen LogP contribution < -0.4 is 5.32 Å². The van der Waals surface area contributed by atoms with Crippen LogP contribution in [0, 0.1) is 5.92 Å². The van der Waals surface area contributed by atoms with Crippen molar-refractivity contribution < 1.29 is 14.6 Å². The molecule has 1 fully saturated rings. The first-order chi connectivity index (χ1) is 8.52. The van der Waals surface area contributed by atoms with E-state index >= 15 is 0 Å². The Labute approximate surface area is 110 Å². The predicted molar refractivity (Wildman–Crippen MR) is 71.7 cm³/mol. The Morgan fingerprint density at radius 2 is 2.22 bits per heavy atom. The first-order valence-corrected chi connectivity index (χ1v) is 7.13. The molecule has 0 aromatic heterocycles. The van der Waals surface area contributed by atoms with Crippen molar-refractivity contribution >= 4 is 5.97 Å². The van der Waals surface area contributed by atoms with E-state index in [-0.39, 0.29) is 6.04 Å². The molecule has 1 saturated heterocycles.